The fraction of sp³-hybridized carbons (Fsp3) is 0.471. The second-order valence-corrected chi connectivity index (χ2v) is 6.38. The molecule has 0 saturated carbocycles. The van der Waals surface area contributed by atoms with Crippen molar-refractivity contribution in [1.29, 1.82) is 0 Å². The van der Waals surface area contributed by atoms with E-state index in [9.17, 15) is 23.2 Å². The van der Waals surface area contributed by atoms with Gasteiger partial charge in [0.2, 0.25) is 11.8 Å². The first kappa shape index (κ1) is 21.5. The number of hydrogen-bond acceptors (Lipinski definition) is 4. The largest absolute Gasteiger partial charge is 0.368 e. The van der Waals surface area contributed by atoms with Crippen LogP contribution in [0.3, 0.4) is 0 Å². The Morgan fingerprint density at radius 3 is 2.23 bits per heavy atom. The molecule has 3 amide bonds. The van der Waals surface area contributed by atoms with Gasteiger partial charge in [-0.1, -0.05) is 30.3 Å². The average Bonchev–Trinajstić information content (AvgIpc) is 2.58. The maximum Gasteiger partial charge on any atom is 0.349 e. The van der Waals surface area contributed by atoms with Gasteiger partial charge in [-0.05, 0) is 33.2 Å². The number of nitrogens with one attached hydrogen (secondary N) is 2. The quantitative estimate of drug-likeness (QED) is 0.501. The van der Waals surface area contributed by atoms with Gasteiger partial charge in [0, 0.05) is 5.56 Å². The summed E-state index contributed by atoms with van der Waals surface area (Å²) in [6.45, 7) is 2.94. The third-order valence-electron chi connectivity index (χ3n) is 3.79. The lowest BCUT2D eigenvalue weighted by atomic mass is 10.0. The van der Waals surface area contributed by atoms with Gasteiger partial charge in [0.1, 0.15) is 11.6 Å². The third kappa shape index (κ3) is 5.48. The molecule has 1 atom stereocenters. The van der Waals surface area contributed by atoms with Gasteiger partial charge >= 0.3 is 5.92 Å². The summed E-state index contributed by atoms with van der Waals surface area (Å²) < 4.78 is 28.6. The first-order chi connectivity index (χ1) is 12.0. The molecule has 144 valence electrons. The van der Waals surface area contributed by atoms with Crippen LogP contribution in [0, 0.1) is 0 Å². The number of carbonyl (C=O) groups is 3. The Balaban J connectivity index is 2.94. The van der Waals surface area contributed by atoms with Crippen LogP contribution in [0.25, 0.3) is 0 Å². The van der Waals surface area contributed by atoms with Crippen LogP contribution in [0.4, 0.5) is 8.78 Å². The molecular weight excluding hydrogens is 346 g/mol. The molecule has 0 unspecified atom stereocenters. The van der Waals surface area contributed by atoms with Crippen molar-refractivity contribution in [2.75, 3.05) is 6.54 Å². The molecule has 9 heteroatoms. The Hall–Kier alpha value is -2.55. The summed E-state index contributed by atoms with van der Waals surface area (Å²) in [7, 11) is 0. The first-order valence-corrected chi connectivity index (χ1v) is 8.08. The number of carbonyl (C=O) groups excluding carboxylic acids is 3. The van der Waals surface area contributed by atoms with Crippen molar-refractivity contribution in [2.45, 2.75) is 44.2 Å². The molecule has 0 aliphatic rings. The maximum atomic E-state index is 14.3. The lowest BCUT2D eigenvalue weighted by Gasteiger charge is -2.27. The van der Waals surface area contributed by atoms with E-state index >= 15 is 0 Å². The topological polar surface area (TPSA) is 127 Å². The maximum absolute atomic E-state index is 14.3. The van der Waals surface area contributed by atoms with Crippen molar-refractivity contribution in [3.63, 3.8) is 0 Å². The third-order valence-corrected chi connectivity index (χ3v) is 3.79. The smallest absolute Gasteiger partial charge is 0.349 e. The summed E-state index contributed by atoms with van der Waals surface area (Å²) in [5.74, 6) is -7.02. The van der Waals surface area contributed by atoms with Gasteiger partial charge in [-0.25, -0.2) is 0 Å². The molecular formula is C17H24F2N4O3. The van der Waals surface area contributed by atoms with Crippen molar-refractivity contribution in [3.8, 4) is 0 Å². The summed E-state index contributed by atoms with van der Waals surface area (Å²) in [5, 5.41) is 4.39. The Bertz CT molecular complexity index is 651. The fourth-order valence-electron chi connectivity index (χ4n) is 2.07. The minimum absolute atomic E-state index is 0.0355. The van der Waals surface area contributed by atoms with Gasteiger partial charge in [0.05, 0.1) is 0 Å². The van der Waals surface area contributed by atoms with Crippen LogP contribution in [0.2, 0.25) is 0 Å². The highest BCUT2D eigenvalue weighted by atomic mass is 19.3. The van der Waals surface area contributed by atoms with Gasteiger partial charge in [0.25, 0.3) is 5.91 Å². The number of primary amides is 1. The van der Waals surface area contributed by atoms with E-state index in [0.717, 1.165) is 12.1 Å². The monoisotopic (exact) mass is 370 g/mol. The van der Waals surface area contributed by atoms with Gasteiger partial charge in [-0.3, -0.25) is 14.4 Å². The van der Waals surface area contributed by atoms with E-state index in [-0.39, 0.29) is 13.0 Å². The summed E-state index contributed by atoms with van der Waals surface area (Å²) in [5.41, 5.74) is 8.69. The first-order valence-electron chi connectivity index (χ1n) is 8.08. The molecule has 0 spiro atoms. The number of hydrogen-bond donors (Lipinski definition) is 4. The molecule has 6 N–H and O–H groups in total. The van der Waals surface area contributed by atoms with E-state index in [1.807, 2.05) is 5.32 Å². The number of alkyl halides is 2. The predicted octanol–water partition coefficient (Wildman–Crippen LogP) is 0.382. The van der Waals surface area contributed by atoms with Crippen LogP contribution in [-0.4, -0.2) is 35.8 Å². The SMILES string of the molecule is CC(C)(NC(=O)[C@@H](CCCN)NC(=O)C(F)(F)c1ccccc1)C(N)=O. The Kier molecular flexibility index (Phi) is 7.19. The molecule has 7 nitrogen and oxygen atoms in total. The zero-order valence-electron chi connectivity index (χ0n) is 14.7. The number of amides is 3. The predicted molar refractivity (Wildman–Crippen MR) is 92.0 cm³/mol. The zero-order valence-corrected chi connectivity index (χ0v) is 14.7. The zero-order chi connectivity index (χ0) is 20.0. The van der Waals surface area contributed by atoms with Crippen LogP contribution in [0.1, 0.15) is 32.3 Å². The van der Waals surface area contributed by atoms with E-state index < -0.39 is 40.8 Å². The molecule has 0 fully saturated rings. The highest BCUT2D eigenvalue weighted by molar-refractivity contribution is 5.94. The second-order valence-electron chi connectivity index (χ2n) is 6.38. The van der Waals surface area contributed by atoms with E-state index in [0.29, 0.717) is 6.42 Å². The minimum Gasteiger partial charge on any atom is -0.368 e. The molecule has 0 aliphatic heterocycles. The van der Waals surface area contributed by atoms with Gasteiger partial charge in [-0.15, -0.1) is 0 Å². The van der Waals surface area contributed by atoms with E-state index in [2.05, 4.69) is 5.32 Å². The normalized spacial score (nSPS) is 13.0. The van der Waals surface area contributed by atoms with Gasteiger partial charge < -0.3 is 22.1 Å². The van der Waals surface area contributed by atoms with Crippen molar-refractivity contribution in [1.82, 2.24) is 10.6 Å². The molecule has 0 heterocycles. The lowest BCUT2D eigenvalue weighted by molar-refractivity contribution is -0.149. The van der Waals surface area contributed by atoms with Crippen molar-refractivity contribution in [2.24, 2.45) is 11.5 Å². The van der Waals surface area contributed by atoms with Crippen molar-refractivity contribution in [3.05, 3.63) is 35.9 Å². The summed E-state index contributed by atoms with van der Waals surface area (Å²) in [4.78, 5) is 35.8. The van der Waals surface area contributed by atoms with Crippen molar-refractivity contribution < 1.29 is 23.2 Å². The highest BCUT2D eigenvalue weighted by Crippen LogP contribution is 2.28. The Labute approximate surface area is 150 Å². The average molecular weight is 370 g/mol. The van der Waals surface area contributed by atoms with E-state index in [1.165, 1.54) is 26.0 Å². The standard InChI is InChI=1S/C17H24F2N4O3/c1-16(2,14(21)25)23-13(24)12(9-6-10-20)22-15(26)17(18,19)11-7-4-3-5-8-11/h3-5,7-8,12H,6,9-10,20H2,1-2H3,(H2,21,25)(H,22,26)(H,23,24)/t12-/m1/s1. The van der Waals surface area contributed by atoms with Gasteiger partial charge in [0.15, 0.2) is 0 Å². The van der Waals surface area contributed by atoms with E-state index in [4.69, 9.17) is 11.5 Å². The highest BCUT2D eigenvalue weighted by Gasteiger charge is 2.42. The Morgan fingerprint density at radius 2 is 1.73 bits per heavy atom. The molecule has 1 aromatic rings. The van der Waals surface area contributed by atoms with Crippen LogP contribution >= 0.6 is 0 Å². The summed E-state index contributed by atoms with van der Waals surface area (Å²) in [6.07, 6.45) is 0.347. The van der Waals surface area contributed by atoms with E-state index in [1.54, 1.807) is 6.07 Å². The molecule has 0 radical (unpaired) electrons. The lowest BCUT2D eigenvalue weighted by Crippen LogP contribution is -2.59. The molecule has 0 aliphatic carbocycles. The molecule has 1 aromatic carbocycles. The van der Waals surface area contributed by atoms with Crippen LogP contribution in [-0.2, 0) is 20.3 Å². The molecule has 0 aromatic heterocycles. The van der Waals surface area contributed by atoms with Crippen molar-refractivity contribution >= 4 is 17.7 Å². The summed E-state index contributed by atoms with van der Waals surface area (Å²) >= 11 is 0. The molecule has 0 bridgehead atoms. The number of benzene rings is 1. The fourth-order valence-corrected chi connectivity index (χ4v) is 2.07. The molecule has 0 saturated heterocycles. The number of halogens is 2. The molecule has 1 rings (SSSR count). The summed E-state index contributed by atoms with van der Waals surface area (Å²) in [6, 6.07) is 5.25. The number of rotatable bonds is 9. The molecule has 26 heavy (non-hydrogen) atoms. The van der Waals surface area contributed by atoms with Crippen LogP contribution in [0.15, 0.2) is 30.3 Å². The Morgan fingerprint density at radius 1 is 1.15 bits per heavy atom. The minimum atomic E-state index is -3.82. The number of nitrogens with two attached hydrogens (primary N) is 2. The van der Waals surface area contributed by atoms with Crippen LogP contribution in [0.5, 0.6) is 0 Å². The van der Waals surface area contributed by atoms with Gasteiger partial charge in [-0.2, -0.15) is 8.78 Å². The van der Waals surface area contributed by atoms with Crippen LogP contribution < -0.4 is 22.1 Å². The second kappa shape index (κ2) is 8.70.